The van der Waals surface area contributed by atoms with Crippen molar-refractivity contribution < 1.29 is 13.9 Å². The van der Waals surface area contributed by atoms with Crippen LogP contribution in [0.1, 0.15) is 37.1 Å². The summed E-state index contributed by atoms with van der Waals surface area (Å²) in [6, 6.07) is 10.0. The van der Waals surface area contributed by atoms with Gasteiger partial charge in [-0.1, -0.05) is 18.2 Å². The van der Waals surface area contributed by atoms with E-state index in [1.807, 2.05) is 19.9 Å². The quantitative estimate of drug-likeness (QED) is 0.882. The first kappa shape index (κ1) is 14.5. The van der Waals surface area contributed by atoms with Crippen LogP contribution in [-0.2, 0) is 0 Å². The molecular formula is C16H17F2NO. The number of rotatable bonds is 4. The fraction of sp³-hybridized carbons (Fsp3) is 0.250. The van der Waals surface area contributed by atoms with Crippen LogP contribution in [0, 0.1) is 11.6 Å². The molecule has 2 N–H and O–H groups in total. The highest BCUT2D eigenvalue weighted by molar-refractivity contribution is 5.30. The molecule has 0 aliphatic heterocycles. The third-order valence-electron chi connectivity index (χ3n) is 3.30. The maximum absolute atomic E-state index is 13.8. The first-order chi connectivity index (χ1) is 9.47. The number of phenols is 1. The number of hydrogen-bond donors (Lipinski definition) is 2. The molecule has 0 heterocycles. The molecule has 0 aromatic heterocycles. The van der Waals surface area contributed by atoms with Crippen LogP contribution in [0.4, 0.5) is 8.78 Å². The zero-order chi connectivity index (χ0) is 14.7. The molecule has 0 bridgehead atoms. The van der Waals surface area contributed by atoms with E-state index in [0.29, 0.717) is 5.56 Å². The molecule has 106 valence electrons. The minimum atomic E-state index is -0.462. The molecular weight excluding hydrogens is 260 g/mol. The highest BCUT2D eigenvalue weighted by atomic mass is 19.1. The van der Waals surface area contributed by atoms with Gasteiger partial charge in [-0.05, 0) is 37.6 Å². The third kappa shape index (κ3) is 3.33. The zero-order valence-electron chi connectivity index (χ0n) is 11.4. The van der Waals surface area contributed by atoms with E-state index in [4.69, 9.17) is 0 Å². The monoisotopic (exact) mass is 277 g/mol. The zero-order valence-corrected chi connectivity index (χ0v) is 11.4. The van der Waals surface area contributed by atoms with Crippen molar-refractivity contribution in [3.8, 4) is 5.75 Å². The summed E-state index contributed by atoms with van der Waals surface area (Å²) in [4.78, 5) is 0. The third-order valence-corrected chi connectivity index (χ3v) is 3.30. The molecule has 2 atom stereocenters. The van der Waals surface area contributed by atoms with Gasteiger partial charge < -0.3 is 10.4 Å². The summed E-state index contributed by atoms with van der Waals surface area (Å²) in [6.07, 6.45) is 0. The van der Waals surface area contributed by atoms with E-state index in [0.717, 1.165) is 11.6 Å². The van der Waals surface area contributed by atoms with Crippen LogP contribution < -0.4 is 5.32 Å². The maximum Gasteiger partial charge on any atom is 0.131 e. The molecule has 0 aliphatic carbocycles. The summed E-state index contributed by atoms with van der Waals surface area (Å²) in [5.74, 6) is -0.854. The lowest BCUT2D eigenvalue weighted by atomic mass is 10.0. The minimum Gasteiger partial charge on any atom is -0.508 e. The van der Waals surface area contributed by atoms with Crippen molar-refractivity contribution in [3.05, 3.63) is 65.2 Å². The number of halogens is 2. The summed E-state index contributed by atoms with van der Waals surface area (Å²) in [7, 11) is 0. The summed E-state index contributed by atoms with van der Waals surface area (Å²) in [6.45, 7) is 3.72. The molecule has 2 rings (SSSR count). The Morgan fingerprint density at radius 2 is 1.75 bits per heavy atom. The van der Waals surface area contributed by atoms with Crippen molar-refractivity contribution in [1.82, 2.24) is 5.32 Å². The van der Waals surface area contributed by atoms with Crippen LogP contribution in [0.5, 0.6) is 5.75 Å². The Kier molecular flexibility index (Phi) is 4.35. The maximum atomic E-state index is 13.8. The molecule has 2 aromatic carbocycles. The summed E-state index contributed by atoms with van der Waals surface area (Å²) in [5, 5.41) is 12.4. The first-order valence-electron chi connectivity index (χ1n) is 6.47. The van der Waals surface area contributed by atoms with Gasteiger partial charge >= 0.3 is 0 Å². The van der Waals surface area contributed by atoms with E-state index in [1.54, 1.807) is 12.1 Å². The van der Waals surface area contributed by atoms with Gasteiger partial charge in [0.05, 0.1) is 0 Å². The Labute approximate surface area is 117 Å². The average molecular weight is 277 g/mol. The van der Waals surface area contributed by atoms with Crippen molar-refractivity contribution in [1.29, 1.82) is 0 Å². The lowest BCUT2D eigenvalue weighted by Gasteiger charge is -2.21. The number of nitrogens with one attached hydrogen (secondary N) is 1. The van der Waals surface area contributed by atoms with Gasteiger partial charge in [-0.3, -0.25) is 0 Å². The van der Waals surface area contributed by atoms with Gasteiger partial charge in [0.25, 0.3) is 0 Å². The van der Waals surface area contributed by atoms with Gasteiger partial charge in [-0.15, -0.1) is 0 Å². The van der Waals surface area contributed by atoms with Gasteiger partial charge in [-0.25, -0.2) is 8.78 Å². The highest BCUT2D eigenvalue weighted by Crippen LogP contribution is 2.24. The Morgan fingerprint density at radius 3 is 2.40 bits per heavy atom. The SMILES string of the molecule is CC(NC(C)c1ccc(O)cc1F)c1cccc(F)c1. The molecule has 20 heavy (non-hydrogen) atoms. The van der Waals surface area contributed by atoms with Crippen LogP contribution >= 0.6 is 0 Å². The Balaban J connectivity index is 2.12. The van der Waals surface area contributed by atoms with Gasteiger partial charge in [0.2, 0.25) is 0 Å². The molecule has 0 amide bonds. The predicted molar refractivity (Wildman–Crippen MR) is 74.4 cm³/mol. The van der Waals surface area contributed by atoms with E-state index in [9.17, 15) is 13.9 Å². The van der Waals surface area contributed by atoms with Crippen molar-refractivity contribution >= 4 is 0 Å². The predicted octanol–water partition coefficient (Wildman–Crippen LogP) is 4.08. The Morgan fingerprint density at radius 1 is 1.00 bits per heavy atom. The van der Waals surface area contributed by atoms with Crippen LogP contribution in [0.3, 0.4) is 0 Å². The molecule has 0 saturated heterocycles. The van der Waals surface area contributed by atoms with E-state index < -0.39 is 5.82 Å². The summed E-state index contributed by atoms with van der Waals surface area (Å²) < 4.78 is 26.9. The summed E-state index contributed by atoms with van der Waals surface area (Å²) in [5.41, 5.74) is 1.27. The van der Waals surface area contributed by atoms with Crippen molar-refractivity contribution in [2.24, 2.45) is 0 Å². The second-order valence-electron chi connectivity index (χ2n) is 4.87. The lowest BCUT2D eigenvalue weighted by Crippen LogP contribution is -2.23. The number of hydrogen-bond acceptors (Lipinski definition) is 2. The van der Waals surface area contributed by atoms with Crippen molar-refractivity contribution in [2.45, 2.75) is 25.9 Å². The van der Waals surface area contributed by atoms with Gasteiger partial charge in [0.1, 0.15) is 17.4 Å². The molecule has 2 aromatic rings. The molecule has 0 spiro atoms. The normalized spacial score (nSPS) is 14.0. The van der Waals surface area contributed by atoms with Crippen LogP contribution in [0.25, 0.3) is 0 Å². The Hall–Kier alpha value is -1.94. The fourth-order valence-electron chi connectivity index (χ4n) is 2.20. The lowest BCUT2D eigenvalue weighted by molar-refractivity contribution is 0.454. The second kappa shape index (κ2) is 6.01. The topological polar surface area (TPSA) is 32.3 Å². The molecule has 2 unspecified atom stereocenters. The smallest absolute Gasteiger partial charge is 0.131 e. The molecule has 4 heteroatoms. The molecule has 0 fully saturated rings. The van der Waals surface area contributed by atoms with E-state index in [1.165, 1.54) is 18.2 Å². The number of benzene rings is 2. The largest absolute Gasteiger partial charge is 0.508 e. The molecule has 0 saturated carbocycles. The van der Waals surface area contributed by atoms with Gasteiger partial charge in [0, 0.05) is 23.7 Å². The minimum absolute atomic E-state index is 0.100. The van der Waals surface area contributed by atoms with Crippen LogP contribution in [0.15, 0.2) is 42.5 Å². The van der Waals surface area contributed by atoms with E-state index >= 15 is 0 Å². The second-order valence-corrected chi connectivity index (χ2v) is 4.87. The van der Waals surface area contributed by atoms with Crippen molar-refractivity contribution in [2.75, 3.05) is 0 Å². The summed E-state index contributed by atoms with van der Waals surface area (Å²) >= 11 is 0. The average Bonchev–Trinajstić information content (AvgIpc) is 2.38. The number of aromatic hydroxyl groups is 1. The van der Waals surface area contributed by atoms with Crippen LogP contribution in [0.2, 0.25) is 0 Å². The molecule has 2 nitrogen and oxygen atoms in total. The molecule has 0 radical (unpaired) electrons. The van der Waals surface area contributed by atoms with E-state index in [-0.39, 0.29) is 23.7 Å². The van der Waals surface area contributed by atoms with Gasteiger partial charge in [-0.2, -0.15) is 0 Å². The number of phenolic OH excluding ortho intramolecular Hbond substituents is 1. The first-order valence-corrected chi connectivity index (χ1v) is 6.47. The standard InChI is InChI=1S/C16H17F2NO/c1-10(12-4-3-5-13(17)8-12)19-11(2)15-7-6-14(20)9-16(15)18/h3-11,19-20H,1-2H3. The van der Waals surface area contributed by atoms with E-state index in [2.05, 4.69) is 5.32 Å². The van der Waals surface area contributed by atoms with Gasteiger partial charge in [0.15, 0.2) is 0 Å². The molecule has 0 aliphatic rings. The fourth-order valence-corrected chi connectivity index (χ4v) is 2.20. The highest BCUT2D eigenvalue weighted by Gasteiger charge is 2.15. The Bertz CT molecular complexity index is 601. The van der Waals surface area contributed by atoms with Crippen LogP contribution in [-0.4, -0.2) is 5.11 Å². The van der Waals surface area contributed by atoms with Crippen molar-refractivity contribution in [3.63, 3.8) is 0 Å².